The number of nitrogens with one attached hydrogen (secondary N) is 1. The molecule has 0 aliphatic heterocycles. The van der Waals surface area contributed by atoms with Gasteiger partial charge in [-0.25, -0.2) is 0 Å². The summed E-state index contributed by atoms with van der Waals surface area (Å²) in [6.07, 6.45) is 0. The molecule has 0 aliphatic carbocycles. The van der Waals surface area contributed by atoms with Gasteiger partial charge in [0.1, 0.15) is 6.07 Å². The number of nitriles is 1. The molecule has 0 heterocycles. The van der Waals surface area contributed by atoms with E-state index in [0.29, 0.717) is 6.54 Å². The lowest BCUT2D eigenvalue weighted by molar-refractivity contribution is 1.16. The number of hydrogen-bond donors (Lipinski definition) is 1. The zero-order valence-corrected chi connectivity index (χ0v) is 11.9. The summed E-state index contributed by atoms with van der Waals surface area (Å²) in [5, 5.41) is 15.2. The van der Waals surface area contributed by atoms with Gasteiger partial charge in [-0.3, -0.25) is 0 Å². The molecule has 0 radical (unpaired) electrons. The Morgan fingerprint density at radius 2 is 1.71 bits per heavy atom. The molecule has 3 rings (SSSR count). The minimum Gasteiger partial charge on any atom is -0.380 e. The van der Waals surface area contributed by atoms with E-state index in [1.807, 2.05) is 31.2 Å². The van der Waals surface area contributed by atoms with Crippen LogP contribution in [0.4, 0.5) is 5.69 Å². The van der Waals surface area contributed by atoms with Gasteiger partial charge < -0.3 is 5.32 Å². The maximum Gasteiger partial charge on any atom is 0.102 e. The van der Waals surface area contributed by atoms with Gasteiger partial charge in [0.15, 0.2) is 0 Å². The zero-order chi connectivity index (χ0) is 14.7. The van der Waals surface area contributed by atoms with Gasteiger partial charge in [-0.15, -0.1) is 0 Å². The third-order valence-electron chi connectivity index (χ3n) is 3.73. The largest absolute Gasteiger partial charge is 0.380 e. The van der Waals surface area contributed by atoms with Crippen molar-refractivity contribution in [1.29, 1.82) is 5.26 Å². The summed E-state index contributed by atoms with van der Waals surface area (Å²) < 4.78 is 0. The van der Waals surface area contributed by atoms with E-state index in [2.05, 4.69) is 47.8 Å². The van der Waals surface area contributed by atoms with Gasteiger partial charge >= 0.3 is 0 Å². The van der Waals surface area contributed by atoms with E-state index in [0.717, 1.165) is 16.8 Å². The molecular formula is C19H16N2. The van der Waals surface area contributed by atoms with Crippen LogP contribution < -0.4 is 5.32 Å². The molecule has 0 saturated carbocycles. The molecule has 0 spiro atoms. The number of benzene rings is 3. The Morgan fingerprint density at radius 3 is 2.57 bits per heavy atom. The molecular weight excluding hydrogens is 256 g/mol. The summed E-state index contributed by atoms with van der Waals surface area (Å²) in [4.78, 5) is 0. The SMILES string of the molecule is Cc1cccc(NCc2cccc3ccccc23)c1C#N. The summed E-state index contributed by atoms with van der Waals surface area (Å²) in [7, 11) is 0. The van der Waals surface area contributed by atoms with Gasteiger partial charge in [0, 0.05) is 6.54 Å². The fraction of sp³-hybridized carbons (Fsp3) is 0.105. The average Bonchev–Trinajstić information content (AvgIpc) is 2.53. The molecule has 0 unspecified atom stereocenters. The lowest BCUT2D eigenvalue weighted by Crippen LogP contribution is -2.02. The van der Waals surface area contributed by atoms with Gasteiger partial charge in [0.2, 0.25) is 0 Å². The summed E-state index contributed by atoms with van der Waals surface area (Å²) in [5.74, 6) is 0. The van der Waals surface area contributed by atoms with E-state index >= 15 is 0 Å². The molecule has 2 nitrogen and oxygen atoms in total. The lowest BCUT2D eigenvalue weighted by Gasteiger charge is -2.11. The first-order chi connectivity index (χ1) is 10.3. The van der Waals surface area contributed by atoms with Crippen LogP contribution in [0.2, 0.25) is 0 Å². The molecule has 0 aromatic heterocycles. The fourth-order valence-corrected chi connectivity index (χ4v) is 2.60. The molecule has 0 fully saturated rings. The highest BCUT2D eigenvalue weighted by atomic mass is 14.9. The number of aryl methyl sites for hydroxylation is 1. The number of anilines is 1. The van der Waals surface area contributed by atoms with E-state index < -0.39 is 0 Å². The third-order valence-corrected chi connectivity index (χ3v) is 3.73. The Bertz CT molecular complexity index is 823. The van der Waals surface area contributed by atoms with Crippen molar-refractivity contribution in [3.63, 3.8) is 0 Å². The van der Waals surface area contributed by atoms with E-state index in [-0.39, 0.29) is 0 Å². The molecule has 3 aromatic carbocycles. The molecule has 102 valence electrons. The summed E-state index contributed by atoms with van der Waals surface area (Å²) in [5.41, 5.74) is 3.85. The van der Waals surface area contributed by atoms with Crippen LogP contribution in [-0.2, 0) is 6.54 Å². The maximum atomic E-state index is 9.28. The molecule has 1 N–H and O–H groups in total. The van der Waals surface area contributed by atoms with Crippen molar-refractivity contribution in [3.8, 4) is 6.07 Å². The van der Waals surface area contributed by atoms with Crippen molar-refractivity contribution in [2.24, 2.45) is 0 Å². The van der Waals surface area contributed by atoms with E-state index in [1.54, 1.807) is 0 Å². The van der Waals surface area contributed by atoms with Crippen LogP contribution in [0.25, 0.3) is 10.8 Å². The second kappa shape index (κ2) is 5.68. The molecule has 3 aromatic rings. The molecule has 0 amide bonds. The Balaban J connectivity index is 1.91. The smallest absolute Gasteiger partial charge is 0.102 e. The highest BCUT2D eigenvalue weighted by Gasteiger charge is 2.05. The molecule has 0 saturated heterocycles. The summed E-state index contributed by atoms with van der Waals surface area (Å²) in [6.45, 7) is 2.67. The number of hydrogen-bond acceptors (Lipinski definition) is 2. The topological polar surface area (TPSA) is 35.8 Å². The molecule has 0 aliphatic rings. The third kappa shape index (κ3) is 2.59. The summed E-state index contributed by atoms with van der Waals surface area (Å²) in [6, 6.07) is 22.8. The number of rotatable bonds is 3. The van der Waals surface area contributed by atoms with E-state index in [1.165, 1.54) is 16.3 Å². The van der Waals surface area contributed by atoms with Gasteiger partial charge in [-0.2, -0.15) is 5.26 Å². The first kappa shape index (κ1) is 13.2. The highest BCUT2D eigenvalue weighted by molar-refractivity contribution is 5.85. The van der Waals surface area contributed by atoms with Crippen molar-refractivity contribution in [2.45, 2.75) is 13.5 Å². The summed E-state index contributed by atoms with van der Waals surface area (Å²) >= 11 is 0. The number of fused-ring (bicyclic) bond motifs is 1. The minimum absolute atomic E-state index is 0.708. The predicted molar refractivity (Wildman–Crippen MR) is 87.2 cm³/mol. The van der Waals surface area contributed by atoms with Crippen LogP contribution in [0, 0.1) is 18.3 Å². The Morgan fingerprint density at radius 1 is 0.952 bits per heavy atom. The van der Waals surface area contributed by atoms with Crippen LogP contribution in [0.3, 0.4) is 0 Å². The van der Waals surface area contributed by atoms with Gasteiger partial charge in [0.25, 0.3) is 0 Å². The first-order valence-corrected chi connectivity index (χ1v) is 7.00. The van der Waals surface area contributed by atoms with Crippen molar-refractivity contribution in [3.05, 3.63) is 77.4 Å². The second-order valence-electron chi connectivity index (χ2n) is 5.10. The highest BCUT2D eigenvalue weighted by Crippen LogP contribution is 2.22. The normalized spacial score (nSPS) is 10.3. The quantitative estimate of drug-likeness (QED) is 0.754. The molecule has 0 bridgehead atoms. The Hall–Kier alpha value is -2.79. The first-order valence-electron chi connectivity index (χ1n) is 7.00. The fourth-order valence-electron chi connectivity index (χ4n) is 2.60. The monoisotopic (exact) mass is 272 g/mol. The average molecular weight is 272 g/mol. The van der Waals surface area contributed by atoms with Crippen LogP contribution in [0.5, 0.6) is 0 Å². The van der Waals surface area contributed by atoms with Crippen LogP contribution in [0.15, 0.2) is 60.7 Å². The lowest BCUT2D eigenvalue weighted by atomic mass is 10.0. The van der Waals surface area contributed by atoms with Crippen LogP contribution >= 0.6 is 0 Å². The molecule has 21 heavy (non-hydrogen) atoms. The second-order valence-corrected chi connectivity index (χ2v) is 5.10. The predicted octanol–water partition coefficient (Wildman–Crippen LogP) is 4.63. The van der Waals surface area contributed by atoms with Gasteiger partial charge in [-0.05, 0) is 34.9 Å². The van der Waals surface area contributed by atoms with Crippen LogP contribution in [-0.4, -0.2) is 0 Å². The van der Waals surface area contributed by atoms with Crippen molar-refractivity contribution in [2.75, 3.05) is 5.32 Å². The minimum atomic E-state index is 0.708. The Labute approximate surface area is 124 Å². The van der Waals surface area contributed by atoms with Crippen molar-refractivity contribution >= 4 is 16.5 Å². The van der Waals surface area contributed by atoms with E-state index in [4.69, 9.17) is 0 Å². The maximum absolute atomic E-state index is 9.28. The standard InChI is InChI=1S/C19H16N2/c1-14-6-4-11-19(18(14)12-20)21-13-16-9-5-8-15-7-2-3-10-17(15)16/h2-11,21H,13H2,1H3. The van der Waals surface area contributed by atoms with Crippen molar-refractivity contribution in [1.82, 2.24) is 0 Å². The van der Waals surface area contributed by atoms with E-state index in [9.17, 15) is 5.26 Å². The van der Waals surface area contributed by atoms with Gasteiger partial charge in [-0.1, -0.05) is 54.6 Å². The van der Waals surface area contributed by atoms with Gasteiger partial charge in [0.05, 0.1) is 11.3 Å². The number of nitrogens with zero attached hydrogens (tertiary/aromatic N) is 1. The molecule has 2 heteroatoms. The van der Waals surface area contributed by atoms with Crippen molar-refractivity contribution < 1.29 is 0 Å². The Kier molecular flexibility index (Phi) is 3.57. The van der Waals surface area contributed by atoms with Crippen LogP contribution in [0.1, 0.15) is 16.7 Å². The molecule has 0 atom stereocenters. The zero-order valence-electron chi connectivity index (χ0n) is 11.9.